The van der Waals surface area contributed by atoms with Crippen molar-refractivity contribution in [2.45, 2.75) is 33.1 Å². The van der Waals surface area contributed by atoms with Crippen LogP contribution >= 0.6 is 0 Å². The average molecular weight is 198 g/mol. The van der Waals surface area contributed by atoms with Crippen LogP contribution in [0.3, 0.4) is 0 Å². The van der Waals surface area contributed by atoms with Gasteiger partial charge in [0.25, 0.3) is 0 Å². The molecule has 1 aliphatic rings. The molecule has 0 aliphatic carbocycles. The van der Waals surface area contributed by atoms with Crippen LogP contribution in [0.1, 0.15) is 33.1 Å². The predicted molar refractivity (Wildman–Crippen MR) is 58.1 cm³/mol. The molecule has 1 heterocycles. The summed E-state index contributed by atoms with van der Waals surface area (Å²) >= 11 is 0. The number of carbonyl (C=O) groups excluding carboxylic acids is 1. The van der Waals surface area contributed by atoms with E-state index in [1.54, 1.807) is 0 Å². The van der Waals surface area contributed by atoms with Crippen LogP contribution in [0.5, 0.6) is 0 Å². The highest BCUT2D eigenvalue weighted by Gasteiger charge is 2.23. The van der Waals surface area contributed by atoms with E-state index < -0.39 is 0 Å². The zero-order valence-corrected chi connectivity index (χ0v) is 9.31. The molecule has 1 fully saturated rings. The molecule has 1 amide bonds. The summed E-state index contributed by atoms with van der Waals surface area (Å²) in [5, 5.41) is 6.08. The monoisotopic (exact) mass is 198 g/mol. The molecule has 82 valence electrons. The Morgan fingerprint density at radius 3 is 2.64 bits per heavy atom. The number of nitrogens with one attached hydrogen (secondary N) is 2. The fourth-order valence-electron chi connectivity index (χ4n) is 1.51. The lowest BCUT2D eigenvalue weighted by Crippen LogP contribution is -2.50. The van der Waals surface area contributed by atoms with Gasteiger partial charge in [0.15, 0.2) is 0 Å². The van der Waals surface area contributed by atoms with Gasteiger partial charge in [-0.1, -0.05) is 26.7 Å². The summed E-state index contributed by atoms with van der Waals surface area (Å²) in [5.41, 5.74) is 0. The lowest BCUT2D eigenvalue weighted by atomic mass is 10.0. The molecule has 1 saturated heterocycles. The van der Waals surface area contributed by atoms with Crippen molar-refractivity contribution in [3.8, 4) is 0 Å². The van der Waals surface area contributed by atoms with Crippen molar-refractivity contribution in [2.24, 2.45) is 11.8 Å². The molecule has 0 radical (unpaired) electrons. The summed E-state index contributed by atoms with van der Waals surface area (Å²) in [6, 6.07) is 0. The summed E-state index contributed by atoms with van der Waals surface area (Å²) in [7, 11) is 0. The second-order valence-corrected chi connectivity index (χ2v) is 4.54. The molecule has 2 N–H and O–H groups in total. The van der Waals surface area contributed by atoms with E-state index in [0.717, 1.165) is 32.0 Å². The van der Waals surface area contributed by atoms with Crippen molar-refractivity contribution >= 4 is 5.91 Å². The minimum absolute atomic E-state index is 0.230. The van der Waals surface area contributed by atoms with E-state index in [4.69, 9.17) is 0 Å². The topological polar surface area (TPSA) is 41.1 Å². The standard InChI is InChI=1S/C11H22N2O/c1-9(2)5-3-4-6-13-11(14)10-7-12-8-10/h9-10,12H,3-8H2,1-2H3,(H,13,14). The lowest BCUT2D eigenvalue weighted by molar-refractivity contribution is -0.126. The largest absolute Gasteiger partial charge is 0.356 e. The third-order valence-corrected chi connectivity index (χ3v) is 2.66. The SMILES string of the molecule is CC(C)CCCCNC(=O)C1CNC1. The van der Waals surface area contributed by atoms with E-state index in [0.29, 0.717) is 0 Å². The number of hydrogen-bond acceptors (Lipinski definition) is 2. The minimum atomic E-state index is 0.230. The van der Waals surface area contributed by atoms with Gasteiger partial charge in [0.05, 0.1) is 5.92 Å². The Kier molecular flexibility index (Phi) is 4.94. The van der Waals surface area contributed by atoms with Gasteiger partial charge in [0, 0.05) is 19.6 Å². The molecular formula is C11H22N2O. The molecule has 0 aromatic heterocycles. The number of hydrogen-bond donors (Lipinski definition) is 2. The fourth-order valence-corrected chi connectivity index (χ4v) is 1.51. The zero-order valence-electron chi connectivity index (χ0n) is 9.31. The molecular weight excluding hydrogens is 176 g/mol. The highest BCUT2D eigenvalue weighted by atomic mass is 16.2. The van der Waals surface area contributed by atoms with Crippen LogP contribution in [0.25, 0.3) is 0 Å². The molecule has 0 saturated carbocycles. The normalized spacial score (nSPS) is 16.8. The molecule has 1 rings (SSSR count). The van der Waals surface area contributed by atoms with E-state index in [9.17, 15) is 4.79 Å². The Labute approximate surface area is 86.6 Å². The first kappa shape index (κ1) is 11.5. The second-order valence-electron chi connectivity index (χ2n) is 4.54. The van der Waals surface area contributed by atoms with Gasteiger partial charge in [0.2, 0.25) is 5.91 Å². The van der Waals surface area contributed by atoms with E-state index in [1.165, 1.54) is 12.8 Å². The molecule has 0 aromatic carbocycles. The zero-order chi connectivity index (χ0) is 10.4. The Balaban J connectivity index is 1.90. The maximum atomic E-state index is 11.4. The van der Waals surface area contributed by atoms with Gasteiger partial charge >= 0.3 is 0 Å². The van der Waals surface area contributed by atoms with Gasteiger partial charge in [0.1, 0.15) is 0 Å². The Hall–Kier alpha value is -0.570. The highest BCUT2D eigenvalue weighted by Crippen LogP contribution is 2.06. The van der Waals surface area contributed by atoms with Crippen molar-refractivity contribution < 1.29 is 4.79 Å². The van der Waals surface area contributed by atoms with Crippen LogP contribution in [0.2, 0.25) is 0 Å². The molecule has 3 heteroatoms. The summed E-state index contributed by atoms with van der Waals surface area (Å²) in [5.74, 6) is 1.25. The number of unbranched alkanes of at least 4 members (excludes halogenated alkanes) is 1. The molecule has 14 heavy (non-hydrogen) atoms. The van der Waals surface area contributed by atoms with Crippen LogP contribution in [-0.2, 0) is 4.79 Å². The molecule has 0 aromatic rings. The van der Waals surface area contributed by atoms with Crippen LogP contribution in [0.15, 0.2) is 0 Å². The quantitative estimate of drug-likeness (QED) is 0.629. The molecule has 3 nitrogen and oxygen atoms in total. The van der Waals surface area contributed by atoms with Crippen molar-refractivity contribution in [3.63, 3.8) is 0 Å². The van der Waals surface area contributed by atoms with E-state index in [1.807, 2.05) is 0 Å². The maximum Gasteiger partial charge on any atom is 0.225 e. The number of carbonyl (C=O) groups is 1. The molecule has 0 bridgehead atoms. The summed E-state index contributed by atoms with van der Waals surface area (Å²) in [6.07, 6.45) is 3.60. The third-order valence-electron chi connectivity index (χ3n) is 2.66. The number of amides is 1. The van der Waals surface area contributed by atoms with E-state index in [2.05, 4.69) is 24.5 Å². The third kappa shape index (κ3) is 4.09. The number of rotatable bonds is 6. The molecule has 0 spiro atoms. The van der Waals surface area contributed by atoms with Gasteiger partial charge in [-0.15, -0.1) is 0 Å². The van der Waals surface area contributed by atoms with Crippen LogP contribution in [0.4, 0.5) is 0 Å². The molecule has 1 aliphatic heterocycles. The first-order valence-corrected chi connectivity index (χ1v) is 5.68. The van der Waals surface area contributed by atoms with Crippen molar-refractivity contribution in [3.05, 3.63) is 0 Å². The van der Waals surface area contributed by atoms with Crippen molar-refractivity contribution in [1.82, 2.24) is 10.6 Å². The fraction of sp³-hybridized carbons (Fsp3) is 0.909. The van der Waals surface area contributed by atoms with Crippen molar-refractivity contribution in [2.75, 3.05) is 19.6 Å². The minimum Gasteiger partial charge on any atom is -0.356 e. The van der Waals surface area contributed by atoms with Crippen LogP contribution in [0, 0.1) is 11.8 Å². The van der Waals surface area contributed by atoms with Crippen LogP contribution in [-0.4, -0.2) is 25.5 Å². The average Bonchev–Trinajstić information content (AvgIpc) is 1.99. The second kappa shape index (κ2) is 6.02. The molecule has 0 atom stereocenters. The lowest BCUT2D eigenvalue weighted by Gasteiger charge is -2.25. The van der Waals surface area contributed by atoms with Gasteiger partial charge in [-0.05, 0) is 12.3 Å². The van der Waals surface area contributed by atoms with E-state index in [-0.39, 0.29) is 11.8 Å². The smallest absolute Gasteiger partial charge is 0.225 e. The van der Waals surface area contributed by atoms with Gasteiger partial charge in [-0.2, -0.15) is 0 Å². The summed E-state index contributed by atoms with van der Waals surface area (Å²) < 4.78 is 0. The summed E-state index contributed by atoms with van der Waals surface area (Å²) in [4.78, 5) is 11.4. The Morgan fingerprint density at radius 2 is 2.14 bits per heavy atom. The first-order valence-electron chi connectivity index (χ1n) is 5.68. The van der Waals surface area contributed by atoms with Crippen molar-refractivity contribution in [1.29, 1.82) is 0 Å². The molecule has 0 unspecified atom stereocenters. The summed E-state index contributed by atoms with van der Waals surface area (Å²) in [6.45, 7) is 7.04. The van der Waals surface area contributed by atoms with Crippen LogP contribution < -0.4 is 10.6 Å². The Morgan fingerprint density at radius 1 is 1.43 bits per heavy atom. The predicted octanol–water partition coefficient (Wildman–Crippen LogP) is 1.15. The highest BCUT2D eigenvalue weighted by molar-refractivity contribution is 5.79. The Bertz CT molecular complexity index is 176. The maximum absolute atomic E-state index is 11.4. The van der Waals surface area contributed by atoms with Gasteiger partial charge < -0.3 is 10.6 Å². The first-order chi connectivity index (χ1) is 6.70. The van der Waals surface area contributed by atoms with Gasteiger partial charge in [-0.3, -0.25) is 4.79 Å². The van der Waals surface area contributed by atoms with Gasteiger partial charge in [-0.25, -0.2) is 0 Å². The van der Waals surface area contributed by atoms with E-state index >= 15 is 0 Å².